The molecule has 0 radical (unpaired) electrons. The van der Waals surface area contributed by atoms with Crippen molar-refractivity contribution >= 4 is 5.91 Å². The predicted molar refractivity (Wildman–Crippen MR) is 66.1 cm³/mol. The number of nitrogens with one attached hydrogen (secondary N) is 1. The van der Waals surface area contributed by atoms with Crippen molar-refractivity contribution in [1.29, 1.82) is 5.26 Å². The van der Waals surface area contributed by atoms with Crippen LogP contribution in [-0.4, -0.2) is 32.3 Å². The van der Waals surface area contributed by atoms with Gasteiger partial charge in [-0.2, -0.15) is 5.26 Å². The first-order valence-corrected chi connectivity index (χ1v) is 5.67. The number of ether oxygens (including phenoxy) is 2. The monoisotopic (exact) mass is 266 g/mol. The lowest BCUT2D eigenvalue weighted by molar-refractivity contribution is -0.124. The summed E-state index contributed by atoms with van der Waals surface area (Å²) in [4.78, 5) is 11.5. The van der Waals surface area contributed by atoms with Crippen LogP contribution in [0.2, 0.25) is 0 Å². The highest BCUT2D eigenvalue weighted by molar-refractivity contribution is 5.77. The Labute approximate surface area is 110 Å². The first-order valence-electron chi connectivity index (χ1n) is 5.67. The summed E-state index contributed by atoms with van der Waals surface area (Å²) in [6.45, 7) is 1.97. The van der Waals surface area contributed by atoms with Crippen LogP contribution < -0.4 is 10.1 Å². The molecular weight excluding hydrogens is 251 g/mol. The number of hydrogen-bond donors (Lipinski definition) is 1. The molecule has 102 valence electrons. The van der Waals surface area contributed by atoms with E-state index in [4.69, 9.17) is 14.7 Å². The number of hydrogen-bond acceptors (Lipinski definition) is 4. The van der Waals surface area contributed by atoms with E-state index in [1.54, 1.807) is 20.1 Å². The molecule has 1 unspecified atom stereocenters. The molecule has 1 N–H and O–H groups in total. The van der Waals surface area contributed by atoms with Gasteiger partial charge in [-0.15, -0.1) is 0 Å². The zero-order valence-electron chi connectivity index (χ0n) is 10.8. The molecule has 0 fully saturated rings. The lowest BCUT2D eigenvalue weighted by Crippen LogP contribution is -2.38. The highest BCUT2D eigenvalue weighted by Crippen LogP contribution is 2.15. The van der Waals surface area contributed by atoms with Crippen molar-refractivity contribution < 1.29 is 18.7 Å². The van der Waals surface area contributed by atoms with Gasteiger partial charge >= 0.3 is 0 Å². The summed E-state index contributed by atoms with van der Waals surface area (Å²) >= 11 is 0. The molecule has 0 heterocycles. The van der Waals surface area contributed by atoms with Crippen LogP contribution in [0.15, 0.2) is 18.2 Å². The number of carbonyl (C=O) groups is 1. The number of methoxy groups -OCH3 is 1. The SMILES string of the molecule is COCC(C)NC(=O)COc1ccc(C#N)c(F)c1. The molecule has 0 saturated heterocycles. The first kappa shape index (κ1) is 14.9. The molecule has 0 saturated carbocycles. The van der Waals surface area contributed by atoms with Crippen LogP contribution >= 0.6 is 0 Å². The fourth-order valence-electron chi connectivity index (χ4n) is 1.43. The zero-order valence-corrected chi connectivity index (χ0v) is 10.8. The Balaban J connectivity index is 2.47. The van der Waals surface area contributed by atoms with Gasteiger partial charge in [0.2, 0.25) is 0 Å². The Kier molecular flexibility index (Phi) is 5.76. The lowest BCUT2D eigenvalue weighted by atomic mass is 10.2. The van der Waals surface area contributed by atoms with Crippen molar-refractivity contribution in [2.24, 2.45) is 0 Å². The Morgan fingerprint density at radius 1 is 1.58 bits per heavy atom. The number of rotatable bonds is 6. The van der Waals surface area contributed by atoms with Gasteiger partial charge in [-0.05, 0) is 19.1 Å². The van der Waals surface area contributed by atoms with Crippen molar-refractivity contribution in [3.8, 4) is 11.8 Å². The number of benzene rings is 1. The van der Waals surface area contributed by atoms with E-state index in [0.717, 1.165) is 6.07 Å². The Morgan fingerprint density at radius 3 is 2.89 bits per heavy atom. The maximum atomic E-state index is 13.3. The zero-order chi connectivity index (χ0) is 14.3. The van der Waals surface area contributed by atoms with Crippen LogP contribution in [0.4, 0.5) is 4.39 Å². The number of amides is 1. The topological polar surface area (TPSA) is 71.3 Å². The van der Waals surface area contributed by atoms with Crippen molar-refractivity contribution in [2.75, 3.05) is 20.3 Å². The van der Waals surface area contributed by atoms with E-state index in [1.165, 1.54) is 12.1 Å². The van der Waals surface area contributed by atoms with E-state index in [-0.39, 0.29) is 29.9 Å². The van der Waals surface area contributed by atoms with E-state index < -0.39 is 5.82 Å². The van der Waals surface area contributed by atoms with Gasteiger partial charge in [0.15, 0.2) is 6.61 Å². The fourth-order valence-corrected chi connectivity index (χ4v) is 1.43. The van der Waals surface area contributed by atoms with Crippen LogP contribution in [0.25, 0.3) is 0 Å². The summed E-state index contributed by atoms with van der Waals surface area (Å²) in [6, 6.07) is 5.39. The molecular formula is C13H15FN2O3. The molecule has 1 aromatic rings. The molecule has 0 aromatic heterocycles. The van der Waals surface area contributed by atoms with E-state index in [1.807, 2.05) is 0 Å². The van der Waals surface area contributed by atoms with Crippen LogP contribution in [0.5, 0.6) is 5.75 Å². The Morgan fingerprint density at radius 2 is 2.32 bits per heavy atom. The quantitative estimate of drug-likeness (QED) is 0.840. The van der Waals surface area contributed by atoms with Crippen LogP contribution in [0, 0.1) is 17.1 Å². The Hall–Kier alpha value is -2.13. The molecule has 6 heteroatoms. The van der Waals surface area contributed by atoms with Gasteiger partial charge in [0.05, 0.1) is 12.2 Å². The molecule has 1 aromatic carbocycles. The smallest absolute Gasteiger partial charge is 0.258 e. The minimum Gasteiger partial charge on any atom is -0.484 e. The standard InChI is InChI=1S/C13H15FN2O3/c1-9(7-18-2)16-13(17)8-19-11-4-3-10(6-15)12(14)5-11/h3-5,9H,7-8H2,1-2H3,(H,16,17). The molecule has 1 rings (SSSR count). The second-order valence-corrected chi connectivity index (χ2v) is 3.97. The first-order chi connectivity index (χ1) is 9.06. The van der Waals surface area contributed by atoms with Crippen molar-refractivity contribution in [2.45, 2.75) is 13.0 Å². The molecule has 1 atom stereocenters. The third kappa shape index (κ3) is 4.94. The summed E-state index contributed by atoms with van der Waals surface area (Å²) in [7, 11) is 1.54. The van der Waals surface area contributed by atoms with E-state index in [2.05, 4.69) is 5.32 Å². The highest BCUT2D eigenvalue weighted by Gasteiger charge is 2.09. The van der Waals surface area contributed by atoms with Gasteiger partial charge in [-0.3, -0.25) is 4.79 Å². The van der Waals surface area contributed by atoms with Crippen LogP contribution in [-0.2, 0) is 9.53 Å². The average molecular weight is 266 g/mol. The van der Waals surface area contributed by atoms with Crippen molar-refractivity contribution in [1.82, 2.24) is 5.32 Å². The number of nitriles is 1. The number of nitrogens with zero attached hydrogens (tertiary/aromatic N) is 1. The summed E-state index contributed by atoms with van der Waals surface area (Å²) < 4.78 is 23.3. The molecule has 0 aliphatic rings. The van der Waals surface area contributed by atoms with Crippen LogP contribution in [0.1, 0.15) is 12.5 Å². The van der Waals surface area contributed by atoms with Gasteiger partial charge in [0, 0.05) is 19.2 Å². The summed E-state index contributed by atoms with van der Waals surface area (Å²) in [5.41, 5.74) is -0.0643. The predicted octanol–water partition coefficient (Wildman–Crippen LogP) is 1.23. The number of carbonyl (C=O) groups excluding carboxylic acids is 1. The fraction of sp³-hybridized carbons (Fsp3) is 0.385. The molecule has 5 nitrogen and oxygen atoms in total. The molecule has 0 spiro atoms. The number of halogens is 1. The largest absolute Gasteiger partial charge is 0.484 e. The second-order valence-electron chi connectivity index (χ2n) is 3.97. The van der Waals surface area contributed by atoms with E-state index >= 15 is 0 Å². The van der Waals surface area contributed by atoms with Gasteiger partial charge < -0.3 is 14.8 Å². The lowest BCUT2D eigenvalue weighted by Gasteiger charge is -2.13. The normalized spacial score (nSPS) is 11.5. The highest BCUT2D eigenvalue weighted by atomic mass is 19.1. The minimum atomic E-state index is -0.673. The molecule has 0 aliphatic carbocycles. The molecule has 0 aliphatic heterocycles. The minimum absolute atomic E-state index is 0.0643. The third-order valence-electron chi connectivity index (χ3n) is 2.25. The summed E-state index contributed by atoms with van der Waals surface area (Å²) in [5.74, 6) is -0.798. The second kappa shape index (κ2) is 7.34. The summed E-state index contributed by atoms with van der Waals surface area (Å²) in [5, 5.41) is 11.2. The van der Waals surface area contributed by atoms with Crippen LogP contribution in [0.3, 0.4) is 0 Å². The summed E-state index contributed by atoms with van der Waals surface area (Å²) in [6.07, 6.45) is 0. The van der Waals surface area contributed by atoms with Crippen molar-refractivity contribution in [3.05, 3.63) is 29.6 Å². The van der Waals surface area contributed by atoms with E-state index in [9.17, 15) is 9.18 Å². The van der Waals surface area contributed by atoms with Gasteiger partial charge in [0.1, 0.15) is 17.6 Å². The molecule has 0 bridgehead atoms. The average Bonchev–Trinajstić information content (AvgIpc) is 2.36. The Bertz CT molecular complexity index is 485. The maximum absolute atomic E-state index is 13.3. The molecule has 19 heavy (non-hydrogen) atoms. The third-order valence-corrected chi connectivity index (χ3v) is 2.25. The van der Waals surface area contributed by atoms with Gasteiger partial charge in [-0.1, -0.05) is 0 Å². The van der Waals surface area contributed by atoms with E-state index in [0.29, 0.717) is 6.61 Å². The van der Waals surface area contributed by atoms with Gasteiger partial charge in [-0.25, -0.2) is 4.39 Å². The molecule has 1 amide bonds. The van der Waals surface area contributed by atoms with Crippen molar-refractivity contribution in [3.63, 3.8) is 0 Å². The maximum Gasteiger partial charge on any atom is 0.258 e. The van der Waals surface area contributed by atoms with Gasteiger partial charge in [0.25, 0.3) is 5.91 Å².